The lowest BCUT2D eigenvalue weighted by Crippen LogP contribution is -2.46. The van der Waals surface area contributed by atoms with E-state index in [9.17, 15) is 8.42 Å². The van der Waals surface area contributed by atoms with Crippen molar-refractivity contribution in [2.24, 2.45) is 0 Å². The van der Waals surface area contributed by atoms with Gasteiger partial charge in [0.1, 0.15) is 6.17 Å². The van der Waals surface area contributed by atoms with Gasteiger partial charge < -0.3 is 9.32 Å². The zero-order valence-corrected chi connectivity index (χ0v) is 21.2. The highest BCUT2D eigenvalue weighted by Gasteiger charge is 2.38. The summed E-state index contributed by atoms with van der Waals surface area (Å²) in [6.07, 6.45) is 10.3. The zero-order valence-electron chi connectivity index (χ0n) is 20.4. The van der Waals surface area contributed by atoms with Crippen molar-refractivity contribution in [2.75, 3.05) is 44.2 Å². The van der Waals surface area contributed by atoms with E-state index in [1.807, 2.05) is 19.1 Å². The molecule has 0 radical (unpaired) electrons. The van der Waals surface area contributed by atoms with Gasteiger partial charge in [-0.05, 0) is 64.0 Å². The Morgan fingerprint density at radius 1 is 0.765 bits per heavy atom. The Labute approximate surface area is 204 Å². The van der Waals surface area contributed by atoms with Crippen LogP contribution in [0.2, 0.25) is 0 Å². The number of rotatable bonds is 6. The van der Waals surface area contributed by atoms with Crippen LogP contribution in [0.4, 0.5) is 5.88 Å². The SMILES string of the molecule is Cc1ccc(S(=O)(=O)c2nc(C(N3CCCCC3)N3CCCCC3)oc2N2CCCCC2)cc1. The summed E-state index contributed by atoms with van der Waals surface area (Å²) in [6, 6.07) is 7.06. The molecule has 2 aromatic rings. The Bertz CT molecular complexity index is 1030. The number of benzene rings is 1. The molecule has 1 aromatic heterocycles. The summed E-state index contributed by atoms with van der Waals surface area (Å²) in [5.74, 6) is 0.990. The fourth-order valence-corrected chi connectivity index (χ4v) is 6.92. The van der Waals surface area contributed by atoms with E-state index in [1.165, 1.54) is 44.9 Å². The molecule has 0 aliphatic carbocycles. The standard InChI is InChI=1S/C26H38N4O3S/c1-21-11-13-22(14-12-21)34(31,32)24-26(30-19-9-4-10-20-30)33-23(27-24)25(28-15-5-2-6-16-28)29-17-7-3-8-18-29/h11-14,25H,2-10,15-20H2,1H3. The van der Waals surface area contributed by atoms with Crippen molar-refractivity contribution in [3.05, 3.63) is 35.7 Å². The molecule has 0 unspecified atom stereocenters. The summed E-state index contributed by atoms with van der Waals surface area (Å²) in [4.78, 5) is 12.1. The van der Waals surface area contributed by atoms with Crippen molar-refractivity contribution in [3.63, 3.8) is 0 Å². The third-order valence-corrected chi connectivity index (χ3v) is 9.19. The van der Waals surface area contributed by atoms with Gasteiger partial charge in [-0.3, -0.25) is 9.80 Å². The topological polar surface area (TPSA) is 69.9 Å². The minimum absolute atomic E-state index is 0.0901. The van der Waals surface area contributed by atoms with Crippen molar-refractivity contribution in [1.82, 2.24) is 14.8 Å². The molecule has 5 rings (SSSR count). The predicted octanol–water partition coefficient (Wildman–Crippen LogP) is 4.78. The average Bonchev–Trinajstić information content (AvgIpc) is 3.32. The zero-order chi connectivity index (χ0) is 23.5. The number of aryl methyl sites for hydroxylation is 1. The summed E-state index contributed by atoms with van der Waals surface area (Å²) in [5.41, 5.74) is 1.03. The third-order valence-electron chi connectivity index (χ3n) is 7.52. The molecular weight excluding hydrogens is 448 g/mol. The lowest BCUT2D eigenvalue weighted by molar-refractivity contribution is -0.000706. The minimum atomic E-state index is -3.79. The van der Waals surface area contributed by atoms with Crippen LogP contribution in [-0.2, 0) is 9.84 Å². The van der Waals surface area contributed by atoms with Crippen molar-refractivity contribution in [2.45, 2.75) is 80.8 Å². The molecule has 186 valence electrons. The van der Waals surface area contributed by atoms with Crippen LogP contribution in [-0.4, -0.2) is 62.5 Å². The first-order valence-electron chi connectivity index (χ1n) is 13.1. The second kappa shape index (κ2) is 10.4. The van der Waals surface area contributed by atoms with Crippen LogP contribution >= 0.6 is 0 Å². The van der Waals surface area contributed by atoms with E-state index in [-0.39, 0.29) is 16.1 Å². The Balaban J connectivity index is 1.58. The molecule has 0 saturated carbocycles. The van der Waals surface area contributed by atoms with E-state index in [1.54, 1.807) is 12.1 Å². The quantitative estimate of drug-likeness (QED) is 0.582. The van der Waals surface area contributed by atoms with E-state index >= 15 is 0 Å². The Hall–Kier alpha value is -1.90. The number of anilines is 1. The largest absolute Gasteiger partial charge is 0.420 e. The average molecular weight is 487 g/mol. The predicted molar refractivity (Wildman–Crippen MR) is 133 cm³/mol. The molecule has 34 heavy (non-hydrogen) atoms. The van der Waals surface area contributed by atoms with E-state index in [0.717, 1.165) is 57.7 Å². The lowest BCUT2D eigenvalue weighted by Gasteiger charge is -2.41. The summed E-state index contributed by atoms with van der Waals surface area (Å²) < 4.78 is 34.1. The van der Waals surface area contributed by atoms with Crippen LogP contribution in [0.5, 0.6) is 0 Å². The molecule has 8 heteroatoms. The maximum Gasteiger partial charge on any atom is 0.236 e. The van der Waals surface area contributed by atoms with Gasteiger partial charge in [-0.2, -0.15) is 4.98 Å². The van der Waals surface area contributed by atoms with Crippen LogP contribution in [0.1, 0.15) is 75.4 Å². The first-order valence-corrected chi connectivity index (χ1v) is 14.6. The Morgan fingerprint density at radius 3 is 1.79 bits per heavy atom. The smallest absolute Gasteiger partial charge is 0.236 e. The normalized spacial score (nSPS) is 21.3. The van der Waals surface area contributed by atoms with Crippen LogP contribution in [0.25, 0.3) is 0 Å². The number of hydrogen-bond donors (Lipinski definition) is 0. The second-order valence-corrected chi connectivity index (χ2v) is 12.0. The van der Waals surface area contributed by atoms with Gasteiger partial charge in [-0.1, -0.05) is 30.5 Å². The summed E-state index contributed by atoms with van der Waals surface area (Å²) in [5, 5.41) is 0.0901. The molecule has 0 N–H and O–H groups in total. The number of hydrogen-bond acceptors (Lipinski definition) is 7. The van der Waals surface area contributed by atoms with Gasteiger partial charge in [0.2, 0.25) is 26.6 Å². The molecule has 3 saturated heterocycles. The molecule has 0 atom stereocenters. The van der Waals surface area contributed by atoms with Gasteiger partial charge in [-0.15, -0.1) is 0 Å². The molecule has 3 aliphatic rings. The molecule has 0 spiro atoms. The maximum atomic E-state index is 13.8. The highest BCUT2D eigenvalue weighted by molar-refractivity contribution is 7.91. The van der Waals surface area contributed by atoms with Gasteiger partial charge in [0, 0.05) is 39.3 Å². The van der Waals surface area contributed by atoms with Crippen LogP contribution in [0.15, 0.2) is 38.6 Å². The van der Waals surface area contributed by atoms with Gasteiger partial charge in [0.15, 0.2) is 0 Å². The highest BCUT2D eigenvalue weighted by Crippen LogP contribution is 2.38. The van der Waals surface area contributed by atoms with E-state index < -0.39 is 9.84 Å². The number of nitrogens with zero attached hydrogens (tertiary/aromatic N) is 4. The van der Waals surface area contributed by atoms with Gasteiger partial charge in [0.25, 0.3) is 0 Å². The fraction of sp³-hybridized carbons (Fsp3) is 0.654. The van der Waals surface area contributed by atoms with Crippen LogP contribution in [0.3, 0.4) is 0 Å². The van der Waals surface area contributed by atoms with E-state index in [2.05, 4.69) is 14.7 Å². The molecule has 3 fully saturated rings. The molecule has 0 amide bonds. The first kappa shape index (κ1) is 23.8. The van der Waals surface area contributed by atoms with Crippen molar-refractivity contribution >= 4 is 15.7 Å². The van der Waals surface area contributed by atoms with E-state index in [4.69, 9.17) is 9.40 Å². The molecular formula is C26H38N4O3S. The molecule has 0 bridgehead atoms. The van der Waals surface area contributed by atoms with Crippen molar-refractivity contribution in [3.8, 4) is 0 Å². The summed E-state index contributed by atoms with van der Waals surface area (Å²) >= 11 is 0. The van der Waals surface area contributed by atoms with Crippen molar-refractivity contribution in [1.29, 1.82) is 0 Å². The number of oxazole rings is 1. The van der Waals surface area contributed by atoms with E-state index in [0.29, 0.717) is 11.8 Å². The van der Waals surface area contributed by atoms with Gasteiger partial charge >= 0.3 is 0 Å². The minimum Gasteiger partial charge on any atom is -0.420 e. The number of piperidine rings is 3. The van der Waals surface area contributed by atoms with Crippen LogP contribution < -0.4 is 4.90 Å². The number of sulfone groups is 1. The van der Waals surface area contributed by atoms with Crippen LogP contribution in [0, 0.1) is 6.92 Å². The lowest BCUT2D eigenvalue weighted by atomic mass is 10.1. The molecule has 3 aliphatic heterocycles. The van der Waals surface area contributed by atoms with Gasteiger partial charge in [0.05, 0.1) is 4.90 Å². The Kier molecular flexibility index (Phi) is 7.27. The molecule has 7 nitrogen and oxygen atoms in total. The highest BCUT2D eigenvalue weighted by atomic mass is 32.2. The number of likely N-dealkylation sites (tertiary alicyclic amines) is 2. The first-order chi connectivity index (χ1) is 16.5. The summed E-state index contributed by atoms with van der Waals surface area (Å²) in [7, 11) is -3.79. The molecule has 4 heterocycles. The second-order valence-electron chi connectivity index (χ2n) is 10.1. The third kappa shape index (κ3) is 4.90. The fourth-order valence-electron chi connectivity index (χ4n) is 5.59. The molecule has 1 aromatic carbocycles. The van der Waals surface area contributed by atoms with Gasteiger partial charge in [-0.25, -0.2) is 8.42 Å². The Morgan fingerprint density at radius 2 is 1.26 bits per heavy atom. The van der Waals surface area contributed by atoms with Crippen molar-refractivity contribution < 1.29 is 12.8 Å². The monoisotopic (exact) mass is 486 g/mol. The maximum absolute atomic E-state index is 13.8. The summed E-state index contributed by atoms with van der Waals surface area (Å²) in [6.45, 7) is 7.59. The number of aromatic nitrogens is 1.